The Hall–Kier alpha value is -2.01. The Labute approximate surface area is 156 Å². The number of methoxy groups -OCH3 is 2. The highest BCUT2D eigenvalue weighted by Crippen LogP contribution is 2.48. The fraction of sp³-hybridized carbons (Fsp3) is 0.350. The molecule has 25 heavy (non-hydrogen) atoms. The van der Waals surface area contributed by atoms with E-state index < -0.39 is 0 Å². The summed E-state index contributed by atoms with van der Waals surface area (Å²) < 4.78 is 10.9. The summed E-state index contributed by atoms with van der Waals surface area (Å²) in [4.78, 5) is 15.1. The van der Waals surface area contributed by atoms with Crippen LogP contribution >= 0.6 is 15.9 Å². The molecule has 0 fully saturated rings. The molecule has 4 nitrogen and oxygen atoms in total. The number of amides is 1. The highest BCUT2D eigenvalue weighted by Gasteiger charge is 2.39. The van der Waals surface area contributed by atoms with Crippen LogP contribution in [-0.2, 0) is 0 Å². The summed E-state index contributed by atoms with van der Waals surface area (Å²) in [6.45, 7) is 2.10. The zero-order valence-electron chi connectivity index (χ0n) is 14.7. The lowest BCUT2D eigenvalue weighted by atomic mass is 9.93. The summed E-state index contributed by atoms with van der Waals surface area (Å²) in [5.41, 5.74) is 2.73. The van der Waals surface area contributed by atoms with Gasteiger partial charge < -0.3 is 14.4 Å². The number of hydrogen-bond acceptors (Lipinski definition) is 3. The molecular weight excluding hydrogens is 382 g/mol. The lowest BCUT2D eigenvalue weighted by Gasteiger charge is -2.25. The minimum atomic E-state index is 0.0126. The molecule has 2 aromatic rings. The second kappa shape index (κ2) is 7.48. The van der Waals surface area contributed by atoms with Crippen LogP contribution < -0.4 is 14.4 Å². The second-order valence-corrected chi connectivity index (χ2v) is 6.92. The monoisotopic (exact) mass is 403 g/mol. The molecule has 0 bridgehead atoms. The maximum Gasteiger partial charge on any atom is 0.258 e. The van der Waals surface area contributed by atoms with Gasteiger partial charge in [0.15, 0.2) is 11.5 Å². The van der Waals surface area contributed by atoms with Crippen LogP contribution in [0.3, 0.4) is 0 Å². The van der Waals surface area contributed by atoms with Crippen LogP contribution in [0.5, 0.6) is 11.5 Å². The van der Waals surface area contributed by atoms with E-state index in [0.29, 0.717) is 17.1 Å². The Kier molecular flexibility index (Phi) is 5.33. The lowest BCUT2D eigenvalue weighted by molar-refractivity contribution is 0.0979. The normalized spacial score (nSPS) is 18.8. The van der Waals surface area contributed by atoms with Crippen molar-refractivity contribution in [3.8, 4) is 11.5 Å². The van der Waals surface area contributed by atoms with Gasteiger partial charge in [-0.05, 0) is 37.1 Å². The standard InChI is InChI=1S/C20H22BrNO3/c1-13-15(9-10-21)16-11-18(24-2)19(25-3)12-17(16)22(13)20(23)14-7-5-4-6-8-14/h4-8,11-13,15H,9-10H2,1-3H3. The van der Waals surface area contributed by atoms with Crippen LogP contribution in [0.4, 0.5) is 5.69 Å². The van der Waals surface area contributed by atoms with Crippen LogP contribution in [0.15, 0.2) is 42.5 Å². The molecule has 0 saturated carbocycles. The summed E-state index contributed by atoms with van der Waals surface area (Å²) in [5, 5.41) is 0.878. The van der Waals surface area contributed by atoms with Crippen molar-refractivity contribution in [3.63, 3.8) is 0 Å². The summed E-state index contributed by atoms with van der Waals surface area (Å²) >= 11 is 3.54. The number of benzene rings is 2. The number of fused-ring (bicyclic) bond motifs is 1. The lowest BCUT2D eigenvalue weighted by Crippen LogP contribution is -2.37. The predicted molar refractivity (Wildman–Crippen MR) is 103 cm³/mol. The molecule has 2 aromatic carbocycles. The topological polar surface area (TPSA) is 38.8 Å². The molecule has 132 valence electrons. The summed E-state index contributed by atoms with van der Waals surface area (Å²) in [7, 11) is 3.25. The number of anilines is 1. The molecule has 1 aliphatic heterocycles. The van der Waals surface area contributed by atoms with Crippen LogP contribution in [0.25, 0.3) is 0 Å². The van der Waals surface area contributed by atoms with E-state index in [1.54, 1.807) is 14.2 Å². The van der Waals surface area contributed by atoms with E-state index >= 15 is 0 Å². The van der Waals surface area contributed by atoms with Crippen molar-refractivity contribution in [2.75, 3.05) is 24.4 Å². The molecule has 0 saturated heterocycles. The number of alkyl halides is 1. The molecule has 0 spiro atoms. The summed E-state index contributed by atoms with van der Waals surface area (Å²) in [6.07, 6.45) is 0.947. The van der Waals surface area contributed by atoms with Crippen molar-refractivity contribution in [2.45, 2.75) is 25.3 Å². The van der Waals surface area contributed by atoms with Crippen molar-refractivity contribution in [3.05, 3.63) is 53.6 Å². The molecule has 1 aliphatic rings. The molecule has 5 heteroatoms. The quantitative estimate of drug-likeness (QED) is 0.683. The first-order chi connectivity index (χ1) is 12.1. The predicted octanol–water partition coefficient (Wildman–Crippen LogP) is 4.62. The molecule has 0 aromatic heterocycles. The van der Waals surface area contributed by atoms with Gasteiger partial charge in [0.25, 0.3) is 5.91 Å². The maximum atomic E-state index is 13.2. The third-order valence-corrected chi connectivity index (χ3v) is 5.30. The van der Waals surface area contributed by atoms with Gasteiger partial charge in [-0.3, -0.25) is 4.79 Å². The average molecular weight is 404 g/mol. The minimum Gasteiger partial charge on any atom is -0.493 e. The zero-order chi connectivity index (χ0) is 18.0. The van der Waals surface area contributed by atoms with Crippen LogP contribution in [0.2, 0.25) is 0 Å². The third-order valence-electron chi connectivity index (χ3n) is 4.84. The van der Waals surface area contributed by atoms with E-state index in [4.69, 9.17) is 9.47 Å². The van der Waals surface area contributed by atoms with E-state index in [1.807, 2.05) is 47.4 Å². The zero-order valence-corrected chi connectivity index (χ0v) is 16.2. The van der Waals surface area contributed by atoms with Gasteiger partial charge in [0.1, 0.15) is 0 Å². The van der Waals surface area contributed by atoms with E-state index in [2.05, 4.69) is 22.9 Å². The first-order valence-electron chi connectivity index (χ1n) is 8.32. The van der Waals surface area contributed by atoms with Gasteiger partial charge in [-0.2, -0.15) is 0 Å². The van der Waals surface area contributed by atoms with Crippen LogP contribution in [-0.4, -0.2) is 31.5 Å². The number of carbonyl (C=O) groups excluding carboxylic acids is 1. The highest BCUT2D eigenvalue weighted by molar-refractivity contribution is 9.09. The van der Waals surface area contributed by atoms with Crippen LogP contribution in [0, 0.1) is 0 Å². The number of ether oxygens (including phenoxy) is 2. The van der Waals surface area contributed by atoms with Gasteiger partial charge in [0.05, 0.1) is 19.9 Å². The first-order valence-corrected chi connectivity index (χ1v) is 9.45. The third kappa shape index (κ3) is 3.13. The Balaban J connectivity index is 2.11. The van der Waals surface area contributed by atoms with Gasteiger partial charge in [-0.1, -0.05) is 34.1 Å². The highest BCUT2D eigenvalue weighted by atomic mass is 79.9. The molecule has 2 unspecified atom stereocenters. The maximum absolute atomic E-state index is 13.2. The fourth-order valence-electron chi connectivity index (χ4n) is 3.58. The SMILES string of the molecule is COc1cc2c(cc1OC)N(C(=O)c1ccccc1)C(C)C2CCBr. The van der Waals surface area contributed by atoms with E-state index in [9.17, 15) is 4.79 Å². The Bertz CT molecular complexity index is 763. The summed E-state index contributed by atoms with van der Waals surface area (Å²) in [5.74, 6) is 1.60. The first kappa shape index (κ1) is 17.8. The second-order valence-electron chi connectivity index (χ2n) is 6.13. The molecule has 1 heterocycles. The number of halogens is 1. The molecular formula is C20H22BrNO3. The number of rotatable bonds is 5. The van der Waals surface area contributed by atoms with E-state index in [-0.39, 0.29) is 17.9 Å². The molecule has 0 radical (unpaired) electrons. The molecule has 1 amide bonds. The number of carbonyl (C=O) groups is 1. The molecule has 2 atom stereocenters. The van der Waals surface area contributed by atoms with Gasteiger partial charge >= 0.3 is 0 Å². The van der Waals surface area contributed by atoms with Crippen molar-refractivity contribution in [1.29, 1.82) is 0 Å². The van der Waals surface area contributed by atoms with Gasteiger partial charge in [0.2, 0.25) is 0 Å². The Morgan fingerprint density at radius 2 is 1.76 bits per heavy atom. The largest absolute Gasteiger partial charge is 0.493 e. The van der Waals surface area contributed by atoms with Gasteiger partial charge in [0, 0.05) is 28.9 Å². The van der Waals surface area contributed by atoms with Gasteiger partial charge in [-0.15, -0.1) is 0 Å². The van der Waals surface area contributed by atoms with Crippen molar-refractivity contribution in [2.24, 2.45) is 0 Å². The smallest absolute Gasteiger partial charge is 0.258 e. The summed E-state index contributed by atoms with van der Waals surface area (Å²) in [6, 6.07) is 13.4. The molecule has 0 N–H and O–H groups in total. The van der Waals surface area contributed by atoms with Crippen molar-refractivity contribution < 1.29 is 14.3 Å². The van der Waals surface area contributed by atoms with Crippen LogP contribution in [0.1, 0.15) is 35.2 Å². The number of nitrogens with zero attached hydrogens (tertiary/aromatic N) is 1. The Morgan fingerprint density at radius 1 is 1.12 bits per heavy atom. The van der Waals surface area contributed by atoms with E-state index in [1.165, 1.54) is 0 Å². The average Bonchev–Trinajstić information content (AvgIpc) is 2.92. The number of hydrogen-bond donors (Lipinski definition) is 0. The molecule has 3 rings (SSSR count). The van der Waals surface area contributed by atoms with Crippen molar-refractivity contribution in [1.82, 2.24) is 0 Å². The van der Waals surface area contributed by atoms with E-state index in [0.717, 1.165) is 23.0 Å². The Morgan fingerprint density at radius 3 is 2.36 bits per heavy atom. The molecule has 0 aliphatic carbocycles. The van der Waals surface area contributed by atoms with Gasteiger partial charge in [-0.25, -0.2) is 0 Å². The fourth-order valence-corrected chi connectivity index (χ4v) is 4.07. The van der Waals surface area contributed by atoms with Crippen molar-refractivity contribution >= 4 is 27.5 Å². The minimum absolute atomic E-state index is 0.0126.